The molecule has 3 aromatic rings. The molecule has 11 heteroatoms. The van der Waals surface area contributed by atoms with E-state index in [9.17, 15) is 18.0 Å². The zero-order chi connectivity index (χ0) is 23.6. The lowest BCUT2D eigenvalue weighted by atomic mass is 10.1. The van der Waals surface area contributed by atoms with Crippen molar-refractivity contribution in [2.45, 2.75) is 17.8 Å². The lowest BCUT2D eigenvalue weighted by Gasteiger charge is -2.08. The molecule has 2 heterocycles. The number of rotatable bonds is 5. The molecule has 1 aliphatic rings. The monoisotopic (exact) mass is 555 g/mol. The first-order valence-corrected chi connectivity index (χ1v) is 11.5. The third-order valence-electron chi connectivity index (χ3n) is 4.63. The quantitative estimate of drug-likeness (QED) is 0.286. The van der Waals surface area contributed by atoms with Gasteiger partial charge >= 0.3 is 6.18 Å². The van der Waals surface area contributed by atoms with Crippen LogP contribution in [0.5, 0.6) is 0 Å². The van der Waals surface area contributed by atoms with Gasteiger partial charge in [-0.25, -0.2) is 0 Å². The highest BCUT2D eigenvalue weighted by Crippen LogP contribution is 2.36. The van der Waals surface area contributed by atoms with E-state index in [1.165, 1.54) is 36.2 Å². The van der Waals surface area contributed by atoms with Crippen molar-refractivity contribution < 1.29 is 22.4 Å². The fraction of sp³-hybridized carbons (Fsp3) is 0.136. The number of nitrogens with zero attached hydrogens (tertiary/aromatic N) is 2. The fourth-order valence-corrected chi connectivity index (χ4v) is 4.46. The number of amides is 1. The van der Waals surface area contributed by atoms with Crippen LogP contribution in [-0.4, -0.2) is 22.5 Å². The first-order valence-electron chi connectivity index (χ1n) is 9.49. The van der Waals surface area contributed by atoms with Gasteiger partial charge < -0.3 is 9.73 Å². The highest BCUT2D eigenvalue weighted by atomic mass is 79.9. The van der Waals surface area contributed by atoms with Crippen LogP contribution in [0.25, 0.3) is 11.3 Å². The molecule has 1 fully saturated rings. The number of alkyl halides is 3. The molecule has 4 rings (SSSR count). The zero-order valence-corrected chi connectivity index (χ0v) is 19.7. The zero-order valence-electron chi connectivity index (χ0n) is 16.6. The summed E-state index contributed by atoms with van der Waals surface area (Å²) in [7, 11) is 0. The molecule has 0 bridgehead atoms. The third kappa shape index (κ3) is 5.87. The molecule has 0 spiro atoms. The van der Waals surface area contributed by atoms with E-state index in [0.29, 0.717) is 11.6 Å². The SMILES string of the molecule is O=C1N/C(=N\N=C\c2ccc(-c3cc(C(F)(F)F)ccc3Cl)o2)SC1Cc1ccc(Br)cc1. The summed E-state index contributed by atoms with van der Waals surface area (Å²) >= 11 is 10.7. The van der Waals surface area contributed by atoms with Crippen LogP contribution in [0.2, 0.25) is 5.02 Å². The molecule has 1 aliphatic heterocycles. The van der Waals surface area contributed by atoms with Gasteiger partial charge in [0.1, 0.15) is 11.5 Å². The summed E-state index contributed by atoms with van der Waals surface area (Å²) in [4.78, 5) is 12.2. The highest BCUT2D eigenvalue weighted by molar-refractivity contribution is 9.10. The van der Waals surface area contributed by atoms with Crippen molar-refractivity contribution in [3.8, 4) is 11.3 Å². The number of benzene rings is 2. The average Bonchev–Trinajstić information content (AvgIpc) is 3.36. The van der Waals surface area contributed by atoms with E-state index in [1.807, 2.05) is 24.3 Å². The Morgan fingerprint density at radius 3 is 2.64 bits per heavy atom. The van der Waals surface area contributed by atoms with Crippen molar-refractivity contribution in [2.24, 2.45) is 10.2 Å². The Morgan fingerprint density at radius 1 is 1.15 bits per heavy atom. The Balaban J connectivity index is 1.43. The number of nitrogens with one attached hydrogen (secondary N) is 1. The summed E-state index contributed by atoms with van der Waals surface area (Å²) in [6.07, 6.45) is -2.65. The molecule has 1 saturated heterocycles. The maximum Gasteiger partial charge on any atom is 0.416 e. The molecule has 1 atom stereocenters. The maximum absolute atomic E-state index is 13.0. The predicted octanol–water partition coefficient (Wildman–Crippen LogP) is 6.55. The minimum atomic E-state index is -4.50. The van der Waals surface area contributed by atoms with Gasteiger partial charge in [0.2, 0.25) is 5.91 Å². The highest BCUT2D eigenvalue weighted by Gasteiger charge is 2.32. The van der Waals surface area contributed by atoms with E-state index in [0.717, 1.165) is 22.2 Å². The molecule has 5 nitrogen and oxygen atoms in total. The van der Waals surface area contributed by atoms with Crippen LogP contribution in [0.3, 0.4) is 0 Å². The molecule has 1 aromatic heterocycles. The normalized spacial score (nSPS) is 17.8. The summed E-state index contributed by atoms with van der Waals surface area (Å²) in [5, 5.41) is 10.7. The maximum atomic E-state index is 13.0. The lowest BCUT2D eigenvalue weighted by molar-refractivity contribution is -0.137. The Kier molecular flexibility index (Phi) is 6.96. The topological polar surface area (TPSA) is 67.0 Å². The van der Waals surface area contributed by atoms with E-state index in [4.69, 9.17) is 16.0 Å². The number of carbonyl (C=O) groups excluding carboxylic acids is 1. The van der Waals surface area contributed by atoms with Crippen LogP contribution < -0.4 is 5.32 Å². The van der Waals surface area contributed by atoms with Gasteiger partial charge in [0, 0.05) is 10.0 Å². The van der Waals surface area contributed by atoms with Crippen LogP contribution in [0, 0.1) is 0 Å². The average molecular weight is 557 g/mol. The summed E-state index contributed by atoms with van der Waals surface area (Å²) in [6.45, 7) is 0. The Bertz CT molecular complexity index is 1240. The van der Waals surface area contributed by atoms with E-state index >= 15 is 0 Å². The number of thioether (sulfide) groups is 1. The standard InChI is InChI=1S/C22H14BrClF3N3O2S/c23-14-4-1-12(2-5-14)9-19-20(31)29-21(33-19)30-28-11-15-6-8-18(32-15)16-10-13(22(25,26)27)3-7-17(16)24/h1-8,10-11,19H,9H2,(H,29,30,31)/b28-11+. The van der Waals surface area contributed by atoms with Crippen molar-refractivity contribution in [3.05, 3.63) is 81.0 Å². The van der Waals surface area contributed by atoms with E-state index in [1.54, 1.807) is 0 Å². The van der Waals surface area contributed by atoms with Gasteiger partial charge in [0.05, 0.1) is 22.1 Å². The molecular weight excluding hydrogens is 543 g/mol. The Hall–Kier alpha value is -2.56. The fourth-order valence-electron chi connectivity index (χ4n) is 3.02. The number of carbonyl (C=O) groups is 1. The first kappa shape index (κ1) is 23.6. The molecule has 0 aliphatic carbocycles. The smallest absolute Gasteiger partial charge is 0.416 e. The number of furan rings is 1. The van der Waals surface area contributed by atoms with Gasteiger partial charge in [0.25, 0.3) is 0 Å². The third-order valence-corrected chi connectivity index (χ3v) is 6.56. The predicted molar refractivity (Wildman–Crippen MR) is 127 cm³/mol. The van der Waals surface area contributed by atoms with E-state index in [-0.39, 0.29) is 33.3 Å². The minimum Gasteiger partial charge on any atom is -0.455 e. The van der Waals surface area contributed by atoms with Crippen LogP contribution in [-0.2, 0) is 17.4 Å². The van der Waals surface area contributed by atoms with Crippen LogP contribution in [0.15, 0.2) is 73.7 Å². The van der Waals surface area contributed by atoms with Crippen molar-refractivity contribution in [3.63, 3.8) is 0 Å². The van der Waals surface area contributed by atoms with E-state index in [2.05, 4.69) is 31.4 Å². The van der Waals surface area contributed by atoms with Gasteiger partial charge in [-0.3, -0.25) is 4.79 Å². The number of hydrogen-bond donors (Lipinski definition) is 1. The number of hydrogen-bond acceptors (Lipinski definition) is 5. The molecule has 0 radical (unpaired) electrons. The van der Waals surface area contributed by atoms with Gasteiger partial charge in [-0.15, -0.1) is 5.10 Å². The van der Waals surface area contributed by atoms with Gasteiger partial charge in [-0.1, -0.05) is 51.4 Å². The summed E-state index contributed by atoms with van der Waals surface area (Å²) in [6, 6.07) is 13.7. The summed E-state index contributed by atoms with van der Waals surface area (Å²) < 4.78 is 45.5. The number of halogens is 5. The molecule has 33 heavy (non-hydrogen) atoms. The molecule has 2 aromatic carbocycles. The van der Waals surface area contributed by atoms with Crippen LogP contribution in [0.4, 0.5) is 13.2 Å². The molecule has 1 unspecified atom stereocenters. The largest absolute Gasteiger partial charge is 0.455 e. The number of amidine groups is 1. The van der Waals surface area contributed by atoms with Crippen molar-refractivity contribution in [1.29, 1.82) is 0 Å². The molecular formula is C22H14BrClF3N3O2S. The van der Waals surface area contributed by atoms with Gasteiger partial charge in [-0.05, 0) is 54.4 Å². The second-order valence-corrected chi connectivity index (χ2v) is 9.48. The van der Waals surface area contributed by atoms with E-state index < -0.39 is 11.7 Å². The Morgan fingerprint density at radius 2 is 1.91 bits per heavy atom. The molecule has 170 valence electrons. The minimum absolute atomic E-state index is 0.117. The van der Waals surface area contributed by atoms with Crippen molar-refractivity contribution in [1.82, 2.24) is 5.32 Å². The van der Waals surface area contributed by atoms with Gasteiger partial charge in [-0.2, -0.15) is 18.3 Å². The summed E-state index contributed by atoms with van der Waals surface area (Å²) in [5.41, 5.74) is 0.311. The van der Waals surface area contributed by atoms with Crippen LogP contribution in [0.1, 0.15) is 16.9 Å². The second-order valence-electron chi connectivity index (χ2n) is 6.97. The van der Waals surface area contributed by atoms with Crippen molar-refractivity contribution >= 4 is 56.6 Å². The molecule has 1 N–H and O–H groups in total. The van der Waals surface area contributed by atoms with Gasteiger partial charge in [0.15, 0.2) is 5.17 Å². The second kappa shape index (κ2) is 9.74. The van der Waals surface area contributed by atoms with Crippen molar-refractivity contribution in [2.75, 3.05) is 0 Å². The first-order chi connectivity index (χ1) is 15.7. The summed E-state index contributed by atoms with van der Waals surface area (Å²) in [5.74, 6) is 0.276. The Labute approximate surface area is 204 Å². The molecule has 0 saturated carbocycles. The molecule has 1 amide bonds. The lowest BCUT2D eigenvalue weighted by Crippen LogP contribution is -2.25. The van der Waals surface area contributed by atoms with Crippen LogP contribution >= 0.6 is 39.3 Å².